The van der Waals surface area contributed by atoms with Crippen LogP contribution in [0, 0.1) is 5.82 Å². The number of alkyl halides is 2. The summed E-state index contributed by atoms with van der Waals surface area (Å²) < 4.78 is 41.4. The van der Waals surface area contributed by atoms with Crippen molar-refractivity contribution in [2.45, 2.75) is 13.0 Å². The first kappa shape index (κ1) is 12.9. The Balaban J connectivity index is 2.70. The van der Waals surface area contributed by atoms with Crippen molar-refractivity contribution in [1.29, 1.82) is 0 Å². The van der Waals surface area contributed by atoms with Crippen molar-refractivity contribution in [3.63, 3.8) is 0 Å². The van der Waals surface area contributed by atoms with Gasteiger partial charge in [-0.1, -0.05) is 12.2 Å². The maximum absolute atomic E-state index is 13.2. The van der Waals surface area contributed by atoms with E-state index in [1.807, 2.05) is 0 Å². The Labute approximate surface area is 96.2 Å². The highest BCUT2D eigenvalue weighted by atomic mass is 32.1. The molecule has 0 aliphatic heterocycles. The van der Waals surface area contributed by atoms with E-state index in [-0.39, 0.29) is 17.2 Å². The molecular formula is C10H10F3NOS. The molecule has 2 nitrogen and oxygen atoms in total. The summed E-state index contributed by atoms with van der Waals surface area (Å²) in [6.07, 6.45) is -2.57. The average Bonchev–Trinajstić information content (AvgIpc) is 2.20. The van der Waals surface area contributed by atoms with E-state index >= 15 is 0 Å². The van der Waals surface area contributed by atoms with Crippen LogP contribution in [-0.4, -0.2) is 18.0 Å². The SMILES string of the molecule is NC(=S)c1ccc(F)c(COCC(F)F)c1. The van der Waals surface area contributed by atoms with E-state index in [4.69, 9.17) is 18.0 Å². The molecule has 0 unspecified atom stereocenters. The summed E-state index contributed by atoms with van der Waals surface area (Å²) in [7, 11) is 0. The first-order valence-electron chi connectivity index (χ1n) is 4.45. The van der Waals surface area contributed by atoms with Gasteiger partial charge < -0.3 is 10.5 Å². The number of hydrogen-bond donors (Lipinski definition) is 1. The van der Waals surface area contributed by atoms with Crippen molar-refractivity contribution in [3.8, 4) is 0 Å². The van der Waals surface area contributed by atoms with E-state index in [9.17, 15) is 13.2 Å². The smallest absolute Gasteiger partial charge is 0.261 e. The Morgan fingerprint density at radius 2 is 2.12 bits per heavy atom. The molecule has 1 aromatic carbocycles. The molecule has 88 valence electrons. The van der Waals surface area contributed by atoms with Gasteiger partial charge in [0.2, 0.25) is 0 Å². The van der Waals surface area contributed by atoms with Crippen molar-refractivity contribution in [2.75, 3.05) is 6.61 Å². The lowest BCUT2D eigenvalue weighted by atomic mass is 10.1. The summed E-state index contributed by atoms with van der Waals surface area (Å²) in [5.74, 6) is -0.533. The van der Waals surface area contributed by atoms with Crippen LogP contribution < -0.4 is 5.73 Å². The lowest BCUT2D eigenvalue weighted by Crippen LogP contribution is -2.11. The molecule has 2 N–H and O–H groups in total. The largest absolute Gasteiger partial charge is 0.389 e. The third kappa shape index (κ3) is 3.79. The number of halogens is 3. The highest BCUT2D eigenvalue weighted by Gasteiger charge is 2.07. The van der Waals surface area contributed by atoms with Crippen LogP contribution in [0.15, 0.2) is 18.2 Å². The van der Waals surface area contributed by atoms with Gasteiger partial charge in [-0.3, -0.25) is 0 Å². The van der Waals surface area contributed by atoms with Gasteiger partial charge in [0.1, 0.15) is 17.4 Å². The zero-order valence-electron chi connectivity index (χ0n) is 8.25. The van der Waals surface area contributed by atoms with Crippen LogP contribution in [0.2, 0.25) is 0 Å². The Morgan fingerprint density at radius 3 is 2.69 bits per heavy atom. The highest BCUT2D eigenvalue weighted by molar-refractivity contribution is 7.80. The number of thiocarbonyl (C=S) groups is 1. The zero-order chi connectivity index (χ0) is 12.1. The number of benzene rings is 1. The fourth-order valence-corrected chi connectivity index (χ4v) is 1.22. The summed E-state index contributed by atoms with van der Waals surface area (Å²) >= 11 is 4.71. The van der Waals surface area contributed by atoms with Crippen LogP contribution >= 0.6 is 12.2 Å². The Hall–Kier alpha value is -1.14. The van der Waals surface area contributed by atoms with Gasteiger partial charge in [0.25, 0.3) is 6.43 Å². The Bertz CT molecular complexity index is 384. The predicted molar refractivity (Wildman–Crippen MR) is 57.9 cm³/mol. The van der Waals surface area contributed by atoms with Gasteiger partial charge in [-0.25, -0.2) is 13.2 Å². The standard InChI is InChI=1S/C10H10F3NOS/c11-8-2-1-6(10(14)16)3-7(8)4-15-5-9(12)13/h1-3,9H,4-5H2,(H2,14,16). The molecule has 0 amide bonds. The molecule has 16 heavy (non-hydrogen) atoms. The van der Waals surface area contributed by atoms with Crippen molar-refractivity contribution < 1.29 is 17.9 Å². The van der Waals surface area contributed by atoms with Gasteiger partial charge in [0.15, 0.2) is 0 Å². The van der Waals surface area contributed by atoms with Gasteiger partial charge in [0, 0.05) is 11.1 Å². The number of nitrogens with two attached hydrogens (primary N) is 1. The van der Waals surface area contributed by atoms with Gasteiger partial charge in [-0.15, -0.1) is 0 Å². The molecule has 1 rings (SSSR count). The molecule has 6 heteroatoms. The molecule has 0 bridgehead atoms. The minimum atomic E-state index is -2.57. The zero-order valence-corrected chi connectivity index (χ0v) is 9.07. The number of rotatable bonds is 5. The number of hydrogen-bond acceptors (Lipinski definition) is 2. The van der Waals surface area contributed by atoms with Gasteiger partial charge in [-0.05, 0) is 18.2 Å². The fraction of sp³-hybridized carbons (Fsp3) is 0.300. The third-order valence-corrected chi connectivity index (χ3v) is 2.07. The maximum atomic E-state index is 13.2. The molecule has 0 fully saturated rings. The maximum Gasteiger partial charge on any atom is 0.261 e. The first-order chi connectivity index (χ1) is 7.50. The van der Waals surface area contributed by atoms with Crippen LogP contribution in [-0.2, 0) is 11.3 Å². The quantitative estimate of drug-likeness (QED) is 0.813. The first-order valence-corrected chi connectivity index (χ1v) is 4.85. The Morgan fingerprint density at radius 1 is 1.44 bits per heavy atom. The molecule has 1 aromatic rings. The Kier molecular flexibility index (Phi) is 4.70. The summed E-state index contributed by atoms with van der Waals surface area (Å²) in [6.45, 7) is -0.955. The normalized spacial score (nSPS) is 10.8. The van der Waals surface area contributed by atoms with Crippen LogP contribution in [0.4, 0.5) is 13.2 Å². The van der Waals surface area contributed by atoms with Crippen LogP contribution in [0.3, 0.4) is 0 Å². The molecule has 0 saturated carbocycles. The molecule has 0 saturated heterocycles. The number of ether oxygens (including phenoxy) is 1. The molecular weight excluding hydrogens is 239 g/mol. The van der Waals surface area contributed by atoms with Crippen molar-refractivity contribution in [1.82, 2.24) is 0 Å². The third-order valence-electron chi connectivity index (χ3n) is 1.83. The molecule has 0 spiro atoms. The summed E-state index contributed by atoms with van der Waals surface area (Å²) in [4.78, 5) is 0.120. The van der Waals surface area contributed by atoms with Gasteiger partial charge in [-0.2, -0.15) is 0 Å². The van der Waals surface area contributed by atoms with Crippen molar-refractivity contribution in [3.05, 3.63) is 35.1 Å². The van der Waals surface area contributed by atoms with Gasteiger partial charge >= 0.3 is 0 Å². The van der Waals surface area contributed by atoms with E-state index in [2.05, 4.69) is 4.74 Å². The summed E-state index contributed by atoms with van der Waals surface area (Å²) in [5, 5.41) is 0. The van der Waals surface area contributed by atoms with Crippen LogP contribution in [0.5, 0.6) is 0 Å². The van der Waals surface area contributed by atoms with E-state index in [1.54, 1.807) is 0 Å². The molecule has 0 aliphatic carbocycles. The van der Waals surface area contributed by atoms with Crippen LogP contribution in [0.25, 0.3) is 0 Å². The lowest BCUT2D eigenvalue weighted by molar-refractivity contribution is 0.00901. The molecule has 0 heterocycles. The van der Waals surface area contributed by atoms with E-state index in [1.165, 1.54) is 18.2 Å². The second kappa shape index (κ2) is 5.81. The summed E-state index contributed by atoms with van der Waals surface area (Å²) in [5.41, 5.74) is 5.99. The topological polar surface area (TPSA) is 35.2 Å². The highest BCUT2D eigenvalue weighted by Crippen LogP contribution is 2.12. The van der Waals surface area contributed by atoms with Crippen LogP contribution in [0.1, 0.15) is 11.1 Å². The van der Waals surface area contributed by atoms with E-state index in [0.717, 1.165) is 0 Å². The second-order valence-electron chi connectivity index (χ2n) is 3.08. The molecule has 0 atom stereocenters. The van der Waals surface area contributed by atoms with E-state index in [0.29, 0.717) is 5.56 Å². The fourth-order valence-electron chi connectivity index (χ4n) is 1.10. The monoisotopic (exact) mass is 249 g/mol. The summed E-state index contributed by atoms with van der Waals surface area (Å²) in [6, 6.07) is 3.99. The van der Waals surface area contributed by atoms with E-state index < -0.39 is 18.8 Å². The minimum absolute atomic E-state index is 0.120. The average molecular weight is 249 g/mol. The van der Waals surface area contributed by atoms with Gasteiger partial charge in [0.05, 0.1) is 6.61 Å². The lowest BCUT2D eigenvalue weighted by Gasteiger charge is -2.07. The van der Waals surface area contributed by atoms with Crippen molar-refractivity contribution in [2.24, 2.45) is 5.73 Å². The van der Waals surface area contributed by atoms with Crippen molar-refractivity contribution >= 4 is 17.2 Å². The second-order valence-corrected chi connectivity index (χ2v) is 3.52. The molecule has 0 aliphatic rings. The molecule has 0 aromatic heterocycles. The minimum Gasteiger partial charge on any atom is -0.389 e. The predicted octanol–water partition coefficient (Wildman–Crippen LogP) is 2.24. The molecule has 0 radical (unpaired) electrons.